The van der Waals surface area contributed by atoms with Crippen molar-refractivity contribution in [2.75, 3.05) is 5.32 Å². The number of fused-ring (bicyclic) bond motifs is 1. The topological polar surface area (TPSA) is 46.9 Å². The lowest BCUT2D eigenvalue weighted by Gasteiger charge is -2.15. The van der Waals surface area contributed by atoms with Crippen molar-refractivity contribution in [3.63, 3.8) is 0 Å². The van der Waals surface area contributed by atoms with Crippen molar-refractivity contribution >= 4 is 16.7 Å². The van der Waals surface area contributed by atoms with E-state index in [4.69, 9.17) is 0 Å². The SMILES string of the molecule is CC.CCn1cc(C)c(=O)c2cc(NC3CCCC3)cnc21. The van der Waals surface area contributed by atoms with Crippen LogP contribution in [0.15, 0.2) is 23.3 Å². The van der Waals surface area contributed by atoms with E-state index in [2.05, 4.69) is 17.2 Å². The molecule has 0 saturated heterocycles. The van der Waals surface area contributed by atoms with E-state index >= 15 is 0 Å². The van der Waals surface area contributed by atoms with Crippen LogP contribution in [0.4, 0.5) is 5.69 Å². The molecule has 0 unspecified atom stereocenters. The standard InChI is InChI=1S/C16H21N3O.C2H6/c1-3-19-10-11(2)15(20)14-8-13(9-17-16(14)19)18-12-6-4-5-7-12;1-2/h8-10,12,18H,3-7H2,1-2H3;1-2H3. The van der Waals surface area contributed by atoms with Gasteiger partial charge in [-0.1, -0.05) is 26.7 Å². The Morgan fingerprint density at radius 3 is 2.64 bits per heavy atom. The molecule has 1 aliphatic carbocycles. The van der Waals surface area contributed by atoms with Crippen LogP contribution >= 0.6 is 0 Å². The monoisotopic (exact) mass is 301 g/mol. The Hall–Kier alpha value is -1.84. The van der Waals surface area contributed by atoms with Gasteiger partial charge in [-0.3, -0.25) is 4.79 Å². The normalized spacial score (nSPS) is 14.7. The van der Waals surface area contributed by atoms with Crippen LogP contribution in [0, 0.1) is 6.92 Å². The number of rotatable bonds is 3. The summed E-state index contributed by atoms with van der Waals surface area (Å²) >= 11 is 0. The van der Waals surface area contributed by atoms with E-state index in [9.17, 15) is 4.79 Å². The third-order valence-electron chi connectivity index (χ3n) is 4.16. The Morgan fingerprint density at radius 1 is 1.32 bits per heavy atom. The largest absolute Gasteiger partial charge is 0.381 e. The third kappa shape index (κ3) is 3.32. The summed E-state index contributed by atoms with van der Waals surface area (Å²) in [5, 5.41) is 4.22. The van der Waals surface area contributed by atoms with Crippen molar-refractivity contribution in [2.24, 2.45) is 0 Å². The molecule has 4 nitrogen and oxygen atoms in total. The Labute approximate surface area is 132 Å². The molecule has 0 atom stereocenters. The number of aryl methyl sites for hydroxylation is 2. The molecular weight excluding hydrogens is 274 g/mol. The minimum absolute atomic E-state index is 0.0901. The fourth-order valence-corrected chi connectivity index (χ4v) is 3.05. The van der Waals surface area contributed by atoms with E-state index in [1.807, 2.05) is 43.8 Å². The molecule has 0 amide bonds. The van der Waals surface area contributed by atoms with E-state index in [0.717, 1.165) is 28.8 Å². The van der Waals surface area contributed by atoms with E-state index in [0.29, 0.717) is 6.04 Å². The van der Waals surface area contributed by atoms with Crippen LogP contribution in [0.3, 0.4) is 0 Å². The van der Waals surface area contributed by atoms with Gasteiger partial charge in [0.15, 0.2) is 5.43 Å². The maximum atomic E-state index is 12.3. The van der Waals surface area contributed by atoms with Crippen molar-refractivity contribution in [2.45, 2.75) is 66.0 Å². The Bertz CT molecular complexity index is 685. The summed E-state index contributed by atoms with van der Waals surface area (Å²) in [6.07, 6.45) is 8.75. The Balaban J connectivity index is 0.000000847. The molecule has 2 heterocycles. The highest BCUT2D eigenvalue weighted by atomic mass is 16.1. The van der Waals surface area contributed by atoms with Gasteiger partial charge in [0.05, 0.1) is 17.3 Å². The summed E-state index contributed by atoms with van der Waals surface area (Å²) in [5.41, 5.74) is 2.61. The van der Waals surface area contributed by atoms with Crippen molar-refractivity contribution in [3.8, 4) is 0 Å². The lowest BCUT2D eigenvalue weighted by Crippen LogP contribution is -2.17. The van der Waals surface area contributed by atoms with Gasteiger partial charge in [0.1, 0.15) is 5.65 Å². The molecule has 0 bridgehead atoms. The highest BCUT2D eigenvalue weighted by Gasteiger charge is 2.15. The fourth-order valence-electron chi connectivity index (χ4n) is 3.05. The van der Waals surface area contributed by atoms with Crippen molar-refractivity contribution in [3.05, 3.63) is 34.2 Å². The number of hydrogen-bond acceptors (Lipinski definition) is 3. The zero-order chi connectivity index (χ0) is 16.1. The molecule has 0 aromatic carbocycles. The lowest BCUT2D eigenvalue weighted by atomic mass is 10.2. The smallest absolute Gasteiger partial charge is 0.193 e. The zero-order valence-corrected chi connectivity index (χ0v) is 14.1. The predicted octanol–water partition coefficient (Wildman–Crippen LogP) is 4.11. The van der Waals surface area contributed by atoms with Gasteiger partial charge in [-0.05, 0) is 32.8 Å². The fraction of sp³-hybridized carbons (Fsp3) is 0.556. The summed E-state index contributed by atoms with van der Waals surface area (Å²) in [4.78, 5) is 16.8. The molecule has 0 spiro atoms. The van der Waals surface area contributed by atoms with Crippen LogP contribution in [0.5, 0.6) is 0 Å². The quantitative estimate of drug-likeness (QED) is 0.928. The number of aromatic nitrogens is 2. The van der Waals surface area contributed by atoms with Gasteiger partial charge in [0.2, 0.25) is 0 Å². The van der Waals surface area contributed by atoms with E-state index < -0.39 is 0 Å². The first-order valence-corrected chi connectivity index (χ1v) is 8.45. The van der Waals surface area contributed by atoms with E-state index in [1.54, 1.807) is 0 Å². The maximum Gasteiger partial charge on any atom is 0.193 e. The third-order valence-corrected chi connectivity index (χ3v) is 4.16. The lowest BCUT2D eigenvalue weighted by molar-refractivity contribution is 0.753. The molecule has 1 aliphatic rings. The van der Waals surface area contributed by atoms with Gasteiger partial charge in [-0.2, -0.15) is 0 Å². The summed E-state index contributed by atoms with van der Waals surface area (Å²) in [6.45, 7) is 8.75. The highest BCUT2D eigenvalue weighted by molar-refractivity contribution is 5.79. The number of pyridine rings is 2. The van der Waals surface area contributed by atoms with Gasteiger partial charge in [-0.25, -0.2) is 4.98 Å². The second kappa shape index (κ2) is 7.43. The second-order valence-corrected chi connectivity index (χ2v) is 5.65. The number of nitrogens with zero attached hydrogens (tertiary/aromatic N) is 2. The van der Waals surface area contributed by atoms with Crippen LogP contribution < -0.4 is 10.7 Å². The molecule has 0 aliphatic heterocycles. The molecule has 120 valence electrons. The summed E-state index contributed by atoms with van der Waals surface area (Å²) in [6, 6.07) is 2.50. The highest BCUT2D eigenvalue weighted by Crippen LogP contribution is 2.23. The average Bonchev–Trinajstić information content (AvgIpc) is 3.06. The molecule has 0 radical (unpaired) electrons. The first-order valence-electron chi connectivity index (χ1n) is 8.45. The van der Waals surface area contributed by atoms with Gasteiger partial charge >= 0.3 is 0 Å². The van der Waals surface area contributed by atoms with Gasteiger partial charge < -0.3 is 9.88 Å². The number of hydrogen-bond donors (Lipinski definition) is 1. The van der Waals surface area contributed by atoms with Crippen LogP contribution in [-0.2, 0) is 6.54 Å². The number of nitrogens with one attached hydrogen (secondary N) is 1. The van der Waals surface area contributed by atoms with E-state index in [-0.39, 0.29) is 5.43 Å². The average molecular weight is 301 g/mol. The van der Waals surface area contributed by atoms with Crippen LogP contribution in [0.25, 0.3) is 11.0 Å². The van der Waals surface area contributed by atoms with Gasteiger partial charge in [0, 0.05) is 24.3 Å². The zero-order valence-electron chi connectivity index (χ0n) is 14.1. The predicted molar refractivity (Wildman–Crippen MR) is 93.6 cm³/mol. The maximum absolute atomic E-state index is 12.3. The molecular formula is C18H27N3O. The minimum Gasteiger partial charge on any atom is -0.381 e. The van der Waals surface area contributed by atoms with Crippen molar-refractivity contribution in [1.29, 1.82) is 0 Å². The summed E-state index contributed by atoms with van der Waals surface area (Å²) in [7, 11) is 0. The minimum atomic E-state index is 0.0901. The summed E-state index contributed by atoms with van der Waals surface area (Å²) in [5.74, 6) is 0. The van der Waals surface area contributed by atoms with E-state index in [1.165, 1.54) is 25.7 Å². The molecule has 1 saturated carbocycles. The molecule has 2 aromatic rings. The molecule has 3 rings (SSSR count). The van der Waals surface area contributed by atoms with Gasteiger partial charge in [-0.15, -0.1) is 0 Å². The van der Waals surface area contributed by atoms with Crippen molar-refractivity contribution in [1.82, 2.24) is 9.55 Å². The molecule has 2 aromatic heterocycles. The Kier molecular flexibility index (Phi) is 5.58. The van der Waals surface area contributed by atoms with Crippen LogP contribution in [-0.4, -0.2) is 15.6 Å². The summed E-state index contributed by atoms with van der Waals surface area (Å²) < 4.78 is 2.03. The molecule has 1 N–H and O–H groups in total. The molecule has 1 fully saturated rings. The van der Waals surface area contributed by atoms with Crippen LogP contribution in [0.1, 0.15) is 52.0 Å². The number of anilines is 1. The van der Waals surface area contributed by atoms with Crippen LogP contribution in [0.2, 0.25) is 0 Å². The van der Waals surface area contributed by atoms with Gasteiger partial charge in [0.25, 0.3) is 0 Å². The Morgan fingerprint density at radius 2 is 2.00 bits per heavy atom. The molecule has 4 heteroatoms. The second-order valence-electron chi connectivity index (χ2n) is 5.65. The van der Waals surface area contributed by atoms with Crippen molar-refractivity contribution < 1.29 is 0 Å². The first-order chi connectivity index (χ1) is 10.7. The molecule has 22 heavy (non-hydrogen) atoms. The first kappa shape index (κ1) is 16.5.